The summed E-state index contributed by atoms with van der Waals surface area (Å²) in [6.07, 6.45) is 2.02. The maximum Gasteiger partial charge on any atom is 0.261 e. The quantitative estimate of drug-likeness (QED) is 0.595. The van der Waals surface area contributed by atoms with Gasteiger partial charge in [-0.05, 0) is 80.3 Å². The van der Waals surface area contributed by atoms with Gasteiger partial charge in [-0.3, -0.25) is 4.79 Å². The van der Waals surface area contributed by atoms with Crippen LogP contribution in [0.25, 0.3) is 0 Å². The number of aryl methyl sites for hydroxylation is 1. The van der Waals surface area contributed by atoms with E-state index in [0.717, 1.165) is 41.4 Å². The number of benzene rings is 2. The van der Waals surface area contributed by atoms with Crippen molar-refractivity contribution in [1.82, 2.24) is 5.32 Å². The second-order valence-electron chi connectivity index (χ2n) is 9.47. The largest absolute Gasteiger partial charge is 0.481 e. The molecule has 2 aromatic carbocycles. The van der Waals surface area contributed by atoms with E-state index in [9.17, 15) is 4.79 Å². The Morgan fingerprint density at radius 2 is 1.81 bits per heavy atom. The van der Waals surface area contributed by atoms with Crippen LogP contribution in [-0.4, -0.2) is 25.1 Å². The molecule has 31 heavy (non-hydrogen) atoms. The standard InChI is InChI=1S/C27H38N2O2/c1-18(2)25-14-9-19(3)16-26(25)31-22(6)27(30)28-21(5)23-10-12-24(13-11-23)29-15-7-8-20(4)17-29/h9-14,16,18,20-22H,7-8,15,17H2,1-6H3,(H,28,30)/t20-,21-,22-/m1/s1. The van der Waals surface area contributed by atoms with Gasteiger partial charge in [0.1, 0.15) is 5.75 Å². The fourth-order valence-corrected chi connectivity index (χ4v) is 4.28. The van der Waals surface area contributed by atoms with Crippen LogP contribution in [0.4, 0.5) is 5.69 Å². The number of rotatable bonds is 7. The van der Waals surface area contributed by atoms with Crippen LogP contribution in [0.5, 0.6) is 5.75 Å². The van der Waals surface area contributed by atoms with Gasteiger partial charge in [-0.1, -0.05) is 45.0 Å². The van der Waals surface area contributed by atoms with E-state index in [1.807, 2.05) is 26.8 Å². The third kappa shape index (κ3) is 6.03. The molecule has 4 heteroatoms. The number of ether oxygens (including phenoxy) is 1. The van der Waals surface area contributed by atoms with E-state index in [-0.39, 0.29) is 11.9 Å². The fraction of sp³-hybridized carbons (Fsp3) is 0.519. The molecular weight excluding hydrogens is 384 g/mol. The summed E-state index contributed by atoms with van der Waals surface area (Å²) < 4.78 is 6.08. The van der Waals surface area contributed by atoms with Crippen LogP contribution < -0.4 is 15.0 Å². The van der Waals surface area contributed by atoms with E-state index < -0.39 is 6.10 Å². The summed E-state index contributed by atoms with van der Waals surface area (Å²) in [5.74, 6) is 1.78. The van der Waals surface area contributed by atoms with Crippen LogP contribution in [0, 0.1) is 12.8 Å². The summed E-state index contributed by atoms with van der Waals surface area (Å²) in [4.78, 5) is 15.3. The van der Waals surface area contributed by atoms with Crippen LogP contribution in [-0.2, 0) is 4.79 Å². The molecule has 0 spiro atoms. The average molecular weight is 423 g/mol. The Hall–Kier alpha value is -2.49. The maximum absolute atomic E-state index is 12.8. The van der Waals surface area contributed by atoms with E-state index >= 15 is 0 Å². The third-order valence-electron chi connectivity index (χ3n) is 6.24. The molecule has 0 bridgehead atoms. The van der Waals surface area contributed by atoms with Crippen molar-refractivity contribution in [3.63, 3.8) is 0 Å². The van der Waals surface area contributed by atoms with Crippen LogP contribution in [0.15, 0.2) is 42.5 Å². The van der Waals surface area contributed by atoms with Crippen molar-refractivity contribution < 1.29 is 9.53 Å². The Bertz CT molecular complexity index is 875. The van der Waals surface area contributed by atoms with Gasteiger partial charge in [0.25, 0.3) is 5.91 Å². The molecule has 1 fully saturated rings. The minimum atomic E-state index is -0.559. The van der Waals surface area contributed by atoms with Gasteiger partial charge in [0.05, 0.1) is 6.04 Å². The summed E-state index contributed by atoms with van der Waals surface area (Å²) in [5.41, 5.74) is 4.63. The second kappa shape index (κ2) is 10.2. The van der Waals surface area contributed by atoms with Crippen LogP contribution in [0.1, 0.15) is 76.1 Å². The highest BCUT2D eigenvalue weighted by Crippen LogP contribution is 2.29. The van der Waals surface area contributed by atoms with Crippen molar-refractivity contribution in [1.29, 1.82) is 0 Å². The summed E-state index contributed by atoms with van der Waals surface area (Å²) in [6, 6.07) is 14.7. The number of hydrogen-bond donors (Lipinski definition) is 1. The van der Waals surface area contributed by atoms with Gasteiger partial charge in [-0.2, -0.15) is 0 Å². The number of nitrogens with zero attached hydrogens (tertiary/aromatic N) is 1. The molecule has 0 unspecified atom stereocenters. The van der Waals surface area contributed by atoms with Crippen molar-refractivity contribution in [2.45, 2.75) is 72.4 Å². The highest BCUT2D eigenvalue weighted by atomic mass is 16.5. The lowest BCUT2D eigenvalue weighted by atomic mass is 9.99. The monoisotopic (exact) mass is 422 g/mol. The summed E-state index contributed by atoms with van der Waals surface area (Å²) >= 11 is 0. The molecule has 2 aromatic rings. The molecule has 1 aliphatic rings. The number of piperidine rings is 1. The van der Waals surface area contributed by atoms with Crippen molar-refractivity contribution in [3.8, 4) is 5.75 Å². The molecule has 1 amide bonds. The first-order valence-corrected chi connectivity index (χ1v) is 11.7. The predicted molar refractivity (Wildman–Crippen MR) is 129 cm³/mol. The van der Waals surface area contributed by atoms with Crippen molar-refractivity contribution in [3.05, 3.63) is 59.2 Å². The number of anilines is 1. The predicted octanol–water partition coefficient (Wildman–Crippen LogP) is 6.00. The lowest BCUT2D eigenvalue weighted by Crippen LogP contribution is -2.38. The van der Waals surface area contributed by atoms with Crippen molar-refractivity contribution in [2.75, 3.05) is 18.0 Å². The first-order chi connectivity index (χ1) is 14.7. The zero-order valence-corrected chi connectivity index (χ0v) is 19.9. The van der Waals surface area contributed by atoms with E-state index in [1.165, 1.54) is 18.5 Å². The first kappa shape index (κ1) is 23.2. The Morgan fingerprint density at radius 3 is 2.45 bits per heavy atom. The normalized spacial score (nSPS) is 18.5. The number of hydrogen-bond acceptors (Lipinski definition) is 3. The number of amides is 1. The highest BCUT2D eigenvalue weighted by Gasteiger charge is 2.21. The smallest absolute Gasteiger partial charge is 0.261 e. The number of carbonyl (C=O) groups is 1. The summed E-state index contributed by atoms with van der Waals surface area (Å²) in [5, 5.41) is 3.11. The molecule has 1 saturated heterocycles. The van der Waals surface area contributed by atoms with Crippen LogP contribution in [0.3, 0.4) is 0 Å². The Morgan fingerprint density at radius 1 is 1.10 bits per heavy atom. The second-order valence-corrected chi connectivity index (χ2v) is 9.47. The number of nitrogens with one attached hydrogen (secondary N) is 1. The molecule has 4 nitrogen and oxygen atoms in total. The molecule has 0 radical (unpaired) electrons. The molecule has 1 N–H and O–H groups in total. The number of carbonyl (C=O) groups excluding carboxylic acids is 1. The van der Waals surface area contributed by atoms with Gasteiger partial charge < -0.3 is 15.0 Å². The molecule has 3 rings (SSSR count). The molecule has 3 atom stereocenters. The van der Waals surface area contributed by atoms with Gasteiger partial charge in [0.15, 0.2) is 6.10 Å². The van der Waals surface area contributed by atoms with E-state index in [2.05, 4.69) is 67.4 Å². The molecule has 1 aliphatic heterocycles. The molecule has 0 saturated carbocycles. The molecule has 0 aliphatic carbocycles. The van der Waals surface area contributed by atoms with Crippen LogP contribution >= 0.6 is 0 Å². The minimum absolute atomic E-state index is 0.0741. The average Bonchev–Trinajstić information content (AvgIpc) is 2.73. The van der Waals surface area contributed by atoms with Crippen LogP contribution in [0.2, 0.25) is 0 Å². The Kier molecular flexibility index (Phi) is 7.64. The maximum atomic E-state index is 12.8. The van der Waals surface area contributed by atoms with Crippen molar-refractivity contribution in [2.24, 2.45) is 5.92 Å². The third-order valence-corrected chi connectivity index (χ3v) is 6.24. The van der Waals surface area contributed by atoms with E-state index in [0.29, 0.717) is 5.92 Å². The SMILES string of the molecule is Cc1ccc(C(C)C)c(O[C@H](C)C(=O)N[C@H](C)c2ccc(N3CCC[C@@H](C)C3)cc2)c1. The van der Waals surface area contributed by atoms with Crippen molar-refractivity contribution >= 4 is 11.6 Å². The minimum Gasteiger partial charge on any atom is -0.481 e. The first-order valence-electron chi connectivity index (χ1n) is 11.7. The van der Waals surface area contributed by atoms with E-state index in [4.69, 9.17) is 4.74 Å². The van der Waals surface area contributed by atoms with E-state index in [1.54, 1.807) is 0 Å². The molecule has 0 aromatic heterocycles. The van der Waals surface area contributed by atoms with Gasteiger partial charge in [-0.15, -0.1) is 0 Å². The molecular formula is C27H38N2O2. The Balaban J connectivity index is 1.60. The highest BCUT2D eigenvalue weighted by molar-refractivity contribution is 5.81. The zero-order chi connectivity index (χ0) is 22.5. The lowest BCUT2D eigenvalue weighted by Gasteiger charge is -2.33. The van der Waals surface area contributed by atoms with Gasteiger partial charge >= 0.3 is 0 Å². The van der Waals surface area contributed by atoms with Gasteiger partial charge in [0, 0.05) is 18.8 Å². The van der Waals surface area contributed by atoms with Gasteiger partial charge in [0.2, 0.25) is 0 Å². The summed E-state index contributed by atoms with van der Waals surface area (Å²) in [6.45, 7) is 14.7. The summed E-state index contributed by atoms with van der Waals surface area (Å²) in [7, 11) is 0. The zero-order valence-electron chi connectivity index (χ0n) is 19.9. The fourth-order valence-electron chi connectivity index (χ4n) is 4.28. The topological polar surface area (TPSA) is 41.6 Å². The molecule has 1 heterocycles. The Labute approximate surface area is 188 Å². The lowest BCUT2D eigenvalue weighted by molar-refractivity contribution is -0.127. The van der Waals surface area contributed by atoms with Gasteiger partial charge in [-0.25, -0.2) is 0 Å². The molecule has 168 valence electrons.